The van der Waals surface area contributed by atoms with Gasteiger partial charge in [-0.3, -0.25) is 14.9 Å². The molecule has 1 unspecified atom stereocenters. The van der Waals surface area contributed by atoms with Gasteiger partial charge >= 0.3 is 5.97 Å². The zero-order valence-corrected chi connectivity index (χ0v) is 11.0. The average Bonchev–Trinajstić information content (AvgIpc) is 2.31. The Hall–Kier alpha value is -2.11. The quantitative estimate of drug-likeness (QED) is 0.584. The van der Waals surface area contributed by atoms with Crippen molar-refractivity contribution in [2.24, 2.45) is 0 Å². The lowest BCUT2D eigenvalue weighted by molar-refractivity contribution is -0.385. The van der Waals surface area contributed by atoms with Gasteiger partial charge in [-0.1, -0.05) is 6.07 Å². The molecule has 1 atom stereocenters. The van der Waals surface area contributed by atoms with Crippen LogP contribution in [0.25, 0.3) is 0 Å². The second kappa shape index (κ2) is 6.72. The molecule has 0 aromatic heterocycles. The van der Waals surface area contributed by atoms with Gasteiger partial charge in [0.15, 0.2) is 0 Å². The number of carboxylic acids is 1. The van der Waals surface area contributed by atoms with Crippen molar-refractivity contribution < 1.29 is 14.8 Å². The molecule has 0 saturated carbocycles. The molecule has 6 heteroatoms. The first-order valence-corrected chi connectivity index (χ1v) is 6.14. The van der Waals surface area contributed by atoms with E-state index in [1.807, 2.05) is 6.92 Å². The normalized spacial score (nSPS) is 11.9. The number of benzene rings is 1. The van der Waals surface area contributed by atoms with Crippen molar-refractivity contribution in [3.05, 3.63) is 33.9 Å². The molecule has 0 saturated heterocycles. The highest BCUT2D eigenvalue weighted by atomic mass is 16.6. The summed E-state index contributed by atoms with van der Waals surface area (Å²) >= 11 is 0. The van der Waals surface area contributed by atoms with E-state index in [-0.39, 0.29) is 18.2 Å². The zero-order valence-electron chi connectivity index (χ0n) is 11.0. The van der Waals surface area contributed by atoms with Crippen LogP contribution in [0.3, 0.4) is 0 Å². The Morgan fingerprint density at radius 3 is 2.79 bits per heavy atom. The first-order chi connectivity index (χ1) is 8.91. The van der Waals surface area contributed by atoms with E-state index in [2.05, 4.69) is 5.32 Å². The number of carbonyl (C=O) groups is 1. The summed E-state index contributed by atoms with van der Waals surface area (Å²) in [5.74, 6) is -0.807. The van der Waals surface area contributed by atoms with Gasteiger partial charge < -0.3 is 10.4 Å². The van der Waals surface area contributed by atoms with Crippen LogP contribution in [-0.4, -0.2) is 22.0 Å². The molecule has 6 nitrogen and oxygen atoms in total. The molecule has 2 N–H and O–H groups in total. The molecule has 1 aromatic rings. The highest BCUT2D eigenvalue weighted by Crippen LogP contribution is 2.25. The fraction of sp³-hybridized carbons (Fsp3) is 0.462. The maximum absolute atomic E-state index is 10.8. The van der Waals surface area contributed by atoms with Gasteiger partial charge in [-0.25, -0.2) is 0 Å². The van der Waals surface area contributed by atoms with Crippen molar-refractivity contribution in [2.45, 2.75) is 39.2 Å². The molecular formula is C13H18N2O4. The van der Waals surface area contributed by atoms with Gasteiger partial charge in [0.2, 0.25) is 0 Å². The summed E-state index contributed by atoms with van der Waals surface area (Å²) in [6, 6.07) is 4.96. The van der Waals surface area contributed by atoms with Gasteiger partial charge in [0.25, 0.3) is 5.69 Å². The predicted octanol–water partition coefficient (Wildman–Crippen LogP) is 2.96. The monoisotopic (exact) mass is 266 g/mol. The summed E-state index contributed by atoms with van der Waals surface area (Å²) in [7, 11) is 0. The Morgan fingerprint density at radius 2 is 2.21 bits per heavy atom. The van der Waals surface area contributed by atoms with Crippen LogP contribution in [0.15, 0.2) is 18.2 Å². The summed E-state index contributed by atoms with van der Waals surface area (Å²) in [6.45, 7) is 3.63. The van der Waals surface area contributed by atoms with Crippen LogP contribution in [0, 0.1) is 17.0 Å². The lowest BCUT2D eigenvalue weighted by atomic mass is 10.1. The predicted molar refractivity (Wildman–Crippen MR) is 72.4 cm³/mol. The molecule has 0 aliphatic heterocycles. The van der Waals surface area contributed by atoms with Crippen LogP contribution in [0.5, 0.6) is 0 Å². The third-order valence-corrected chi connectivity index (χ3v) is 2.93. The topological polar surface area (TPSA) is 92.5 Å². The molecule has 0 aliphatic rings. The number of hydrogen-bond acceptors (Lipinski definition) is 4. The number of hydrogen-bond donors (Lipinski definition) is 2. The lowest BCUT2D eigenvalue weighted by Gasteiger charge is -2.16. The van der Waals surface area contributed by atoms with Gasteiger partial charge in [0.05, 0.1) is 4.92 Å². The van der Waals surface area contributed by atoms with E-state index in [1.165, 1.54) is 6.07 Å². The molecule has 0 radical (unpaired) electrons. The number of nitrogens with one attached hydrogen (secondary N) is 1. The minimum Gasteiger partial charge on any atom is -0.481 e. The van der Waals surface area contributed by atoms with Crippen molar-refractivity contribution in [3.8, 4) is 0 Å². The first-order valence-electron chi connectivity index (χ1n) is 6.14. The Bertz CT molecular complexity index is 474. The van der Waals surface area contributed by atoms with Crippen molar-refractivity contribution in [1.29, 1.82) is 0 Å². The van der Waals surface area contributed by atoms with Crippen LogP contribution in [0.1, 0.15) is 31.7 Å². The standard InChI is InChI=1S/C13H18N2O4/c1-9(5-3-8-13(16)17)14-11-6-4-7-12(10(11)2)15(18)19/h4,6-7,9,14H,3,5,8H2,1-2H3,(H,16,17). The lowest BCUT2D eigenvalue weighted by Crippen LogP contribution is -2.16. The van der Waals surface area contributed by atoms with Gasteiger partial charge in [-0.2, -0.15) is 0 Å². The van der Waals surface area contributed by atoms with E-state index in [9.17, 15) is 14.9 Å². The fourth-order valence-corrected chi connectivity index (χ4v) is 1.87. The van der Waals surface area contributed by atoms with Crippen molar-refractivity contribution in [3.63, 3.8) is 0 Å². The van der Waals surface area contributed by atoms with Crippen LogP contribution in [-0.2, 0) is 4.79 Å². The number of nitro groups is 1. The largest absolute Gasteiger partial charge is 0.481 e. The smallest absolute Gasteiger partial charge is 0.303 e. The van der Waals surface area contributed by atoms with Crippen molar-refractivity contribution in [2.75, 3.05) is 5.32 Å². The van der Waals surface area contributed by atoms with Gasteiger partial charge in [-0.15, -0.1) is 0 Å². The maximum atomic E-state index is 10.8. The van der Waals surface area contributed by atoms with Crippen LogP contribution < -0.4 is 5.32 Å². The van der Waals surface area contributed by atoms with Gasteiger partial charge in [0, 0.05) is 29.8 Å². The molecule has 0 heterocycles. The Kier molecular flexibility index (Phi) is 5.29. The second-order valence-corrected chi connectivity index (χ2v) is 4.54. The summed E-state index contributed by atoms with van der Waals surface area (Å²) in [4.78, 5) is 20.8. The average molecular weight is 266 g/mol. The highest BCUT2D eigenvalue weighted by Gasteiger charge is 2.14. The maximum Gasteiger partial charge on any atom is 0.303 e. The Balaban J connectivity index is 2.64. The van der Waals surface area contributed by atoms with E-state index in [4.69, 9.17) is 5.11 Å². The van der Waals surface area contributed by atoms with E-state index in [0.29, 0.717) is 18.4 Å². The minimum absolute atomic E-state index is 0.0695. The molecule has 1 aromatic carbocycles. The van der Waals surface area contributed by atoms with E-state index in [0.717, 1.165) is 5.69 Å². The summed E-state index contributed by atoms with van der Waals surface area (Å²) in [5, 5.41) is 22.6. The summed E-state index contributed by atoms with van der Waals surface area (Å²) in [5.41, 5.74) is 1.40. The third kappa shape index (κ3) is 4.57. The van der Waals surface area contributed by atoms with Gasteiger partial charge in [-0.05, 0) is 32.8 Å². The summed E-state index contributed by atoms with van der Waals surface area (Å²) < 4.78 is 0. The van der Waals surface area contributed by atoms with Crippen LogP contribution in [0.2, 0.25) is 0 Å². The van der Waals surface area contributed by atoms with Crippen molar-refractivity contribution >= 4 is 17.3 Å². The Morgan fingerprint density at radius 1 is 1.53 bits per heavy atom. The fourth-order valence-electron chi connectivity index (χ4n) is 1.87. The molecule has 0 amide bonds. The number of rotatable bonds is 7. The Labute approximate surface area is 111 Å². The molecule has 0 bridgehead atoms. The molecule has 0 aliphatic carbocycles. The van der Waals surface area contributed by atoms with E-state index in [1.54, 1.807) is 19.1 Å². The number of anilines is 1. The molecule has 19 heavy (non-hydrogen) atoms. The molecule has 0 spiro atoms. The molecular weight excluding hydrogens is 248 g/mol. The van der Waals surface area contributed by atoms with Crippen molar-refractivity contribution in [1.82, 2.24) is 0 Å². The second-order valence-electron chi connectivity index (χ2n) is 4.54. The van der Waals surface area contributed by atoms with Crippen LogP contribution in [0.4, 0.5) is 11.4 Å². The molecule has 104 valence electrons. The number of nitro benzene ring substituents is 1. The molecule has 0 fully saturated rings. The van der Waals surface area contributed by atoms with Gasteiger partial charge in [0.1, 0.15) is 0 Å². The minimum atomic E-state index is -0.807. The number of nitrogens with zero attached hydrogens (tertiary/aromatic N) is 1. The third-order valence-electron chi connectivity index (χ3n) is 2.93. The first kappa shape index (κ1) is 14.9. The molecule has 1 rings (SSSR count). The number of carboxylic acid groups (broad SMARTS) is 1. The number of aliphatic carboxylic acids is 1. The van der Waals surface area contributed by atoms with E-state index >= 15 is 0 Å². The highest BCUT2D eigenvalue weighted by molar-refractivity contribution is 5.66. The summed E-state index contributed by atoms with van der Waals surface area (Å²) in [6.07, 6.45) is 1.42. The van der Waals surface area contributed by atoms with Crippen LogP contribution >= 0.6 is 0 Å². The zero-order chi connectivity index (χ0) is 14.4. The SMILES string of the molecule is Cc1c(NC(C)CCCC(=O)O)cccc1[N+](=O)[O-]. The van der Waals surface area contributed by atoms with E-state index < -0.39 is 10.9 Å².